The summed E-state index contributed by atoms with van der Waals surface area (Å²) >= 11 is 5.94. The molecule has 0 unspecified atom stereocenters. The average Bonchev–Trinajstić information content (AvgIpc) is 2.93. The standard InChI is InChI=1S/C14H14ClN3O2/c1-8-9(2)14(18-17-13(8)15)16-6-10-4-3-5-11-12(10)20-7-19-11/h3-5H,6-7H2,1-2H3,(H,16,18). The summed E-state index contributed by atoms with van der Waals surface area (Å²) < 4.78 is 10.8. The Kier molecular flexibility index (Phi) is 3.36. The zero-order valence-electron chi connectivity index (χ0n) is 11.2. The highest BCUT2D eigenvalue weighted by Crippen LogP contribution is 2.35. The van der Waals surface area contributed by atoms with Crippen molar-refractivity contribution in [3.63, 3.8) is 0 Å². The summed E-state index contributed by atoms with van der Waals surface area (Å²) in [7, 11) is 0. The number of nitrogens with zero attached hydrogens (tertiary/aromatic N) is 2. The molecule has 0 amide bonds. The lowest BCUT2D eigenvalue weighted by molar-refractivity contribution is 0.173. The van der Waals surface area contributed by atoms with Crippen LogP contribution in [-0.4, -0.2) is 17.0 Å². The van der Waals surface area contributed by atoms with Crippen LogP contribution in [0.5, 0.6) is 11.5 Å². The van der Waals surface area contributed by atoms with Gasteiger partial charge in [-0.15, -0.1) is 10.2 Å². The molecule has 3 rings (SSSR count). The maximum Gasteiger partial charge on any atom is 0.231 e. The summed E-state index contributed by atoms with van der Waals surface area (Å²) in [6.45, 7) is 4.75. The Labute approximate surface area is 121 Å². The minimum Gasteiger partial charge on any atom is -0.454 e. The van der Waals surface area contributed by atoms with Crippen LogP contribution in [0, 0.1) is 13.8 Å². The molecule has 0 radical (unpaired) electrons. The minimum atomic E-state index is 0.269. The van der Waals surface area contributed by atoms with E-state index in [0.717, 1.165) is 34.0 Å². The van der Waals surface area contributed by atoms with Gasteiger partial charge in [-0.3, -0.25) is 0 Å². The second-order valence-electron chi connectivity index (χ2n) is 4.59. The number of ether oxygens (including phenoxy) is 2. The first-order chi connectivity index (χ1) is 9.66. The fourth-order valence-electron chi connectivity index (χ4n) is 2.05. The number of hydrogen-bond acceptors (Lipinski definition) is 5. The Morgan fingerprint density at radius 3 is 2.90 bits per heavy atom. The maximum atomic E-state index is 5.94. The van der Waals surface area contributed by atoms with Gasteiger partial charge in [-0.2, -0.15) is 0 Å². The third-order valence-electron chi connectivity index (χ3n) is 3.39. The first kappa shape index (κ1) is 13.0. The van der Waals surface area contributed by atoms with Gasteiger partial charge in [0.15, 0.2) is 22.5 Å². The number of halogens is 1. The first-order valence-corrected chi connectivity index (χ1v) is 6.65. The lowest BCUT2D eigenvalue weighted by atomic mass is 10.1. The van der Waals surface area contributed by atoms with Crippen LogP contribution in [0.1, 0.15) is 16.7 Å². The van der Waals surface area contributed by atoms with Crippen LogP contribution in [0.2, 0.25) is 5.15 Å². The zero-order chi connectivity index (χ0) is 14.1. The molecule has 6 heteroatoms. The van der Waals surface area contributed by atoms with Gasteiger partial charge in [0.2, 0.25) is 6.79 Å². The predicted octanol–water partition coefficient (Wildman–Crippen LogP) is 3.09. The van der Waals surface area contributed by atoms with Crippen molar-refractivity contribution < 1.29 is 9.47 Å². The Balaban J connectivity index is 1.81. The van der Waals surface area contributed by atoms with Crippen molar-refractivity contribution >= 4 is 17.4 Å². The Morgan fingerprint density at radius 2 is 2.05 bits per heavy atom. The Hall–Kier alpha value is -2.01. The summed E-state index contributed by atoms with van der Waals surface area (Å²) in [5, 5.41) is 11.7. The van der Waals surface area contributed by atoms with Gasteiger partial charge in [-0.05, 0) is 31.0 Å². The molecule has 2 heterocycles. The van der Waals surface area contributed by atoms with Crippen LogP contribution >= 0.6 is 11.6 Å². The first-order valence-electron chi connectivity index (χ1n) is 6.27. The van der Waals surface area contributed by atoms with E-state index < -0.39 is 0 Å². The largest absolute Gasteiger partial charge is 0.454 e. The normalized spacial score (nSPS) is 12.6. The SMILES string of the molecule is Cc1c(Cl)nnc(NCc2cccc3c2OCO3)c1C. The highest BCUT2D eigenvalue weighted by molar-refractivity contribution is 6.30. The third-order valence-corrected chi connectivity index (χ3v) is 3.75. The molecule has 1 aromatic carbocycles. The van der Waals surface area contributed by atoms with E-state index in [2.05, 4.69) is 15.5 Å². The topological polar surface area (TPSA) is 56.3 Å². The third kappa shape index (κ3) is 2.25. The van der Waals surface area contributed by atoms with Crippen molar-refractivity contribution in [2.75, 3.05) is 12.1 Å². The monoisotopic (exact) mass is 291 g/mol. The van der Waals surface area contributed by atoms with Crippen LogP contribution in [0.3, 0.4) is 0 Å². The number of nitrogens with one attached hydrogen (secondary N) is 1. The highest BCUT2D eigenvalue weighted by Gasteiger charge is 2.17. The summed E-state index contributed by atoms with van der Waals surface area (Å²) in [6, 6.07) is 5.82. The summed E-state index contributed by atoms with van der Waals surface area (Å²) in [6.07, 6.45) is 0. The van der Waals surface area contributed by atoms with Gasteiger partial charge < -0.3 is 14.8 Å². The molecule has 0 saturated heterocycles. The van der Waals surface area contributed by atoms with Gasteiger partial charge in [-0.1, -0.05) is 23.7 Å². The van der Waals surface area contributed by atoms with Crippen LogP contribution < -0.4 is 14.8 Å². The Bertz CT molecular complexity index is 661. The molecule has 20 heavy (non-hydrogen) atoms. The molecular weight excluding hydrogens is 278 g/mol. The average molecular weight is 292 g/mol. The van der Waals surface area contributed by atoms with Crippen LogP contribution in [0.25, 0.3) is 0 Å². The molecule has 0 aliphatic carbocycles. The van der Waals surface area contributed by atoms with E-state index in [4.69, 9.17) is 21.1 Å². The van der Waals surface area contributed by atoms with E-state index in [1.54, 1.807) is 0 Å². The van der Waals surface area contributed by atoms with Gasteiger partial charge >= 0.3 is 0 Å². The van der Waals surface area contributed by atoms with Crippen LogP contribution in [0.4, 0.5) is 5.82 Å². The summed E-state index contributed by atoms with van der Waals surface area (Å²) in [5.74, 6) is 2.29. The van der Waals surface area contributed by atoms with Crippen molar-refractivity contribution in [2.45, 2.75) is 20.4 Å². The number of hydrogen-bond donors (Lipinski definition) is 1. The second-order valence-corrected chi connectivity index (χ2v) is 4.95. The van der Waals surface area contributed by atoms with Crippen molar-refractivity contribution in [1.82, 2.24) is 10.2 Å². The molecule has 104 valence electrons. The summed E-state index contributed by atoms with van der Waals surface area (Å²) in [4.78, 5) is 0. The molecule has 0 bridgehead atoms. The molecule has 0 fully saturated rings. The fourth-order valence-corrected chi connectivity index (χ4v) is 2.23. The van der Waals surface area contributed by atoms with E-state index in [1.165, 1.54) is 0 Å². The molecule has 0 saturated carbocycles. The second kappa shape index (κ2) is 5.17. The molecule has 1 aliphatic heterocycles. The molecule has 1 aliphatic rings. The molecule has 0 atom stereocenters. The highest BCUT2D eigenvalue weighted by atomic mass is 35.5. The fraction of sp³-hybridized carbons (Fsp3) is 0.286. The number of anilines is 1. The summed E-state index contributed by atoms with van der Waals surface area (Å²) in [5.41, 5.74) is 2.95. The number of fused-ring (bicyclic) bond motifs is 1. The van der Waals surface area contributed by atoms with Crippen molar-refractivity contribution in [3.05, 3.63) is 40.0 Å². The molecular formula is C14H14ClN3O2. The number of aromatic nitrogens is 2. The molecule has 0 spiro atoms. The van der Waals surface area contributed by atoms with Crippen molar-refractivity contribution in [1.29, 1.82) is 0 Å². The van der Waals surface area contributed by atoms with Gasteiger partial charge in [0, 0.05) is 12.1 Å². The van der Waals surface area contributed by atoms with Crippen molar-refractivity contribution in [3.8, 4) is 11.5 Å². The molecule has 2 aromatic rings. The zero-order valence-corrected chi connectivity index (χ0v) is 12.0. The van der Waals surface area contributed by atoms with E-state index >= 15 is 0 Å². The Morgan fingerprint density at radius 1 is 1.20 bits per heavy atom. The van der Waals surface area contributed by atoms with Gasteiger partial charge in [0.05, 0.1) is 0 Å². The number of rotatable bonds is 3. The molecule has 5 nitrogen and oxygen atoms in total. The van der Waals surface area contributed by atoms with Crippen LogP contribution in [-0.2, 0) is 6.54 Å². The van der Waals surface area contributed by atoms with Crippen molar-refractivity contribution in [2.24, 2.45) is 0 Å². The number of para-hydroxylation sites is 1. The van der Waals surface area contributed by atoms with E-state index in [1.807, 2.05) is 32.0 Å². The van der Waals surface area contributed by atoms with Gasteiger partial charge in [0.1, 0.15) is 0 Å². The lowest BCUT2D eigenvalue weighted by Crippen LogP contribution is -2.06. The molecule has 1 aromatic heterocycles. The van der Waals surface area contributed by atoms with Crippen LogP contribution in [0.15, 0.2) is 18.2 Å². The van der Waals surface area contributed by atoms with E-state index in [-0.39, 0.29) is 6.79 Å². The quantitative estimate of drug-likeness (QED) is 0.942. The lowest BCUT2D eigenvalue weighted by Gasteiger charge is -2.11. The van der Waals surface area contributed by atoms with E-state index in [0.29, 0.717) is 11.7 Å². The maximum absolute atomic E-state index is 5.94. The smallest absolute Gasteiger partial charge is 0.231 e. The van der Waals surface area contributed by atoms with Gasteiger partial charge in [-0.25, -0.2) is 0 Å². The number of benzene rings is 1. The van der Waals surface area contributed by atoms with E-state index in [9.17, 15) is 0 Å². The van der Waals surface area contributed by atoms with Gasteiger partial charge in [0.25, 0.3) is 0 Å². The molecule has 1 N–H and O–H groups in total. The predicted molar refractivity (Wildman–Crippen MR) is 76.4 cm³/mol. The minimum absolute atomic E-state index is 0.269.